The molecule has 0 spiro atoms. The highest BCUT2D eigenvalue weighted by Crippen LogP contribution is 2.22. The third-order valence-electron chi connectivity index (χ3n) is 4.41. The monoisotopic (exact) mass is 351 g/mol. The Morgan fingerprint density at radius 3 is 2.31 bits per heavy atom. The van der Waals surface area contributed by atoms with Crippen LogP contribution in [0.5, 0.6) is 0 Å². The quantitative estimate of drug-likeness (QED) is 0.831. The Balaban J connectivity index is 1.62. The van der Waals surface area contributed by atoms with E-state index in [0.29, 0.717) is 29.8 Å². The van der Waals surface area contributed by atoms with E-state index in [1.165, 1.54) is 0 Å². The molecule has 0 unspecified atom stereocenters. The number of amides is 3. The fraction of sp³-hybridized carbons (Fsp3) is 0.250. The first-order valence-electron chi connectivity index (χ1n) is 8.68. The largest absolute Gasteiger partial charge is 0.312 e. The van der Waals surface area contributed by atoms with Crippen molar-refractivity contribution in [3.63, 3.8) is 0 Å². The molecule has 3 rings (SSSR count). The molecule has 1 saturated heterocycles. The summed E-state index contributed by atoms with van der Waals surface area (Å²) in [6.07, 6.45) is 2.25. The maximum absolute atomic E-state index is 12.3. The normalized spacial score (nSPS) is 13.6. The summed E-state index contributed by atoms with van der Waals surface area (Å²) in [7, 11) is 0. The average molecular weight is 351 g/mol. The standard InChI is InChI=1S/C20H21N3O3/c1-2-14-8-10-15(11-9-14)19(25)21-22-20(26)16-5-3-6-17(13-16)23-12-4-7-18(23)24/h3,5-6,8-11,13H,2,4,7,12H2,1H3,(H,21,25)(H,22,26). The van der Waals surface area contributed by atoms with E-state index in [4.69, 9.17) is 0 Å². The van der Waals surface area contributed by atoms with Crippen molar-refractivity contribution in [2.75, 3.05) is 11.4 Å². The summed E-state index contributed by atoms with van der Waals surface area (Å²) >= 11 is 0. The predicted octanol–water partition coefficient (Wildman–Crippen LogP) is 2.45. The summed E-state index contributed by atoms with van der Waals surface area (Å²) in [6.45, 7) is 2.70. The SMILES string of the molecule is CCc1ccc(C(=O)NNC(=O)c2cccc(N3CCCC3=O)c2)cc1. The first-order chi connectivity index (χ1) is 12.6. The second-order valence-electron chi connectivity index (χ2n) is 6.16. The van der Waals surface area contributed by atoms with Gasteiger partial charge in [0.2, 0.25) is 5.91 Å². The highest BCUT2D eigenvalue weighted by atomic mass is 16.2. The van der Waals surface area contributed by atoms with E-state index in [9.17, 15) is 14.4 Å². The molecule has 0 radical (unpaired) electrons. The lowest BCUT2D eigenvalue weighted by molar-refractivity contribution is -0.117. The van der Waals surface area contributed by atoms with E-state index < -0.39 is 5.91 Å². The zero-order valence-electron chi connectivity index (χ0n) is 14.6. The lowest BCUT2D eigenvalue weighted by Crippen LogP contribution is -2.41. The minimum absolute atomic E-state index is 0.0615. The van der Waals surface area contributed by atoms with E-state index in [0.717, 1.165) is 18.4 Å². The number of nitrogens with zero attached hydrogens (tertiary/aromatic N) is 1. The molecule has 0 bridgehead atoms. The van der Waals surface area contributed by atoms with Crippen molar-refractivity contribution in [1.29, 1.82) is 0 Å². The molecule has 0 saturated carbocycles. The van der Waals surface area contributed by atoms with Crippen LogP contribution in [0.15, 0.2) is 48.5 Å². The summed E-state index contributed by atoms with van der Waals surface area (Å²) in [5, 5.41) is 0. The van der Waals surface area contributed by atoms with Crippen LogP contribution in [0.2, 0.25) is 0 Å². The molecule has 1 heterocycles. The van der Waals surface area contributed by atoms with Gasteiger partial charge in [-0.2, -0.15) is 0 Å². The lowest BCUT2D eigenvalue weighted by atomic mass is 10.1. The van der Waals surface area contributed by atoms with Gasteiger partial charge in [0.1, 0.15) is 0 Å². The molecule has 6 heteroatoms. The second-order valence-corrected chi connectivity index (χ2v) is 6.16. The Kier molecular flexibility index (Phi) is 5.31. The van der Waals surface area contributed by atoms with Gasteiger partial charge in [-0.1, -0.05) is 25.1 Å². The summed E-state index contributed by atoms with van der Waals surface area (Å²) in [6, 6.07) is 14.0. The van der Waals surface area contributed by atoms with Crippen LogP contribution in [-0.2, 0) is 11.2 Å². The van der Waals surface area contributed by atoms with Gasteiger partial charge in [0.05, 0.1) is 0 Å². The maximum Gasteiger partial charge on any atom is 0.269 e. The molecule has 2 aromatic carbocycles. The Labute approximate surface area is 152 Å². The molecule has 0 atom stereocenters. The van der Waals surface area contributed by atoms with Gasteiger partial charge in [0.25, 0.3) is 11.8 Å². The summed E-state index contributed by atoms with van der Waals surface area (Å²) in [5.74, 6) is -0.754. The minimum Gasteiger partial charge on any atom is -0.312 e. The van der Waals surface area contributed by atoms with Crippen LogP contribution in [0.25, 0.3) is 0 Å². The smallest absolute Gasteiger partial charge is 0.269 e. The molecule has 26 heavy (non-hydrogen) atoms. The summed E-state index contributed by atoms with van der Waals surface area (Å²) in [4.78, 5) is 37.9. The van der Waals surface area contributed by atoms with Crippen molar-refractivity contribution in [3.05, 3.63) is 65.2 Å². The van der Waals surface area contributed by atoms with Crippen molar-refractivity contribution < 1.29 is 14.4 Å². The molecule has 2 aromatic rings. The first kappa shape index (κ1) is 17.7. The van der Waals surface area contributed by atoms with Crippen molar-refractivity contribution in [2.45, 2.75) is 26.2 Å². The van der Waals surface area contributed by atoms with Crippen LogP contribution in [0.4, 0.5) is 5.69 Å². The van der Waals surface area contributed by atoms with Crippen LogP contribution in [0.1, 0.15) is 46.0 Å². The van der Waals surface area contributed by atoms with Crippen LogP contribution < -0.4 is 15.8 Å². The Bertz CT molecular complexity index is 830. The number of carbonyl (C=O) groups excluding carboxylic acids is 3. The zero-order valence-corrected chi connectivity index (χ0v) is 14.6. The highest BCUT2D eigenvalue weighted by Gasteiger charge is 2.22. The molecular weight excluding hydrogens is 330 g/mol. The first-order valence-corrected chi connectivity index (χ1v) is 8.68. The molecular formula is C20H21N3O3. The van der Waals surface area contributed by atoms with Crippen molar-refractivity contribution in [1.82, 2.24) is 10.9 Å². The molecule has 1 aliphatic rings. The van der Waals surface area contributed by atoms with Crippen LogP contribution in [0, 0.1) is 0 Å². The van der Waals surface area contributed by atoms with E-state index >= 15 is 0 Å². The van der Waals surface area contributed by atoms with Gasteiger partial charge < -0.3 is 4.90 Å². The average Bonchev–Trinajstić information content (AvgIpc) is 3.12. The lowest BCUT2D eigenvalue weighted by Gasteiger charge is -2.16. The fourth-order valence-corrected chi connectivity index (χ4v) is 2.89. The maximum atomic E-state index is 12.3. The number of rotatable bonds is 4. The Hall–Kier alpha value is -3.15. The number of carbonyl (C=O) groups is 3. The van der Waals surface area contributed by atoms with Crippen LogP contribution >= 0.6 is 0 Å². The Morgan fingerprint density at radius 1 is 1.00 bits per heavy atom. The van der Waals surface area contributed by atoms with Crippen LogP contribution in [0.3, 0.4) is 0 Å². The number of benzene rings is 2. The molecule has 1 aliphatic heterocycles. The molecule has 1 fully saturated rings. The number of nitrogens with one attached hydrogen (secondary N) is 2. The van der Waals surface area contributed by atoms with Crippen molar-refractivity contribution in [2.24, 2.45) is 0 Å². The van der Waals surface area contributed by atoms with Gasteiger partial charge in [-0.25, -0.2) is 0 Å². The summed E-state index contributed by atoms with van der Waals surface area (Å²) in [5.41, 5.74) is 7.51. The van der Waals surface area contributed by atoms with Gasteiger partial charge in [0, 0.05) is 29.8 Å². The van der Waals surface area contributed by atoms with E-state index in [2.05, 4.69) is 10.9 Å². The Morgan fingerprint density at radius 2 is 1.69 bits per heavy atom. The van der Waals surface area contributed by atoms with E-state index in [1.807, 2.05) is 19.1 Å². The second kappa shape index (κ2) is 7.82. The number of hydrogen-bond donors (Lipinski definition) is 2. The van der Waals surface area contributed by atoms with E-state index in [1.54, 1.807) is 41.3 Å². The molecule has 134 valence electrons. The molecule has 6 nitrogen and oxygen atoms in total. The van der Waals surface area contributed by atoms with Gasteiger partial charge in [0.15, 0.2) is 0 Å². The van der Waals surface area contributed by atoms with Crippen LogP contribution in [-0.4, -0.2) is 24.3 Å². The zero-order chi connectivity index (χ0) is 18.5. The van der Waals surface area contributed by atoms with Gasteiger partial charge in [-0.3, -0.25) is 25.2 Å². The van der Waals surface area contributed by atoms with Gasteiger partial charge >= 0.3 is 0 Å². The van der Waals surface area contributed by atoms with Gasteiger partial charge in [-0.05, 0) is 48.7 Å². The van der Waals surface area contributed by atoms with Crippen molar-refractivity contribution in [3.8, 4) is 0 Å². The van der Waals surface area contributed by atoms with Crippen molar-refractivity contribution >= 4 is 23.4 Å². The summed E-state index contributed by atoms with van der Waals surface area (Å²) < 4.78 is 0. The third kappa shape index (κ3) is 3.91. The third-order valence-corrected chi connectivity index (χ3v) is 4.41. The predicted molar refractivity (Wildman–Crippen MR) is 98.8 cm³/mol. The number of hydrazine groups is 1. The van der Waals surface area contributed by atoms with E-state index in [-0.39, 0.29) is 11.8 Å². The minimum atomic E-state index is -0.433. The number of anilines is 1. The topological polar surface area (TPSA) is 78.5 Å². The molecule has 0 aromatic heterocycles. The number of hydrogen-bond acceptors (Lipinski definition) is 3. The highest BCUT2D eigenvalue weighted by molar-refractivity contribution is 6.01. The van der Waals surface area contributed by atoms with Gasteiger partial charge in [-0.15, -0.1) is 0 Å². The molecule has 3 amide bonds. The fourth-order valence-electron chi connectivity index (χ4n) is 2.89. The number of aryl methyl sites for hydroxylation is 1. The molecule has 2 N–H and O–H groups in total. The molecule has 0 aliphatic carbocycles.